The highest BCUT2D eigenvalue weighted by atomic mass is 16.5. The lowest BCUT2D eigenvalue weighted by atomic mass is 10.1. The number of ether oxygens (including phenoxy) is 3. The third-order valence-corrected chi connectivity index (χ3v) is 3.67. The number of nitrogens with one attached hydrogen (secondary N) is 2. The number of benzene rings is 2. The number of anilines is 1. The van der Waals surface area contributed by atoms with E-state index in [2.05, 4.69) is 10.6 Å². The molecule has 0 unspecified atom stereocenters. The van der Waals surface area contributed by atoms with Crippen molar-refractivity contribution in [2.24, 2.45) is 0 Å². The van der Waals surface area contributed by atoms with Crippen molar-refractivity contribution in [1.82, 2.24) is 5.32 Å². The number of nitrogens with zero attached hydrogens (tertiary/aromatic N) is 1. The van der Waals surface area contributed by atoms with E-state index in [0.717, 1.165) is 5.56 Å². The average molecular weight is 355 g/mol. The Balaban J connectivity index is 1.94. The van der Waals surface area contributed by atoms with Gasteiger partial charge >= 0.3 is 6.03 Å². The van der Waals surface area contributed by atoms with E-state index in [-0.39, 0.29) is 6.03 Å². The molecule has 0 fully saturated rings. The molecule has 2 aromatic rings. The van der Waals surface area contributed by atoms with Gasteiger partial charge in [-0.2, -0.15) is 5.26 Å². The molecule has 26 heavy (non-hydrogen) atoms. The summed E-state index contributed by atoms with van der Waals surface area (Å²) in [6, 6.07) is 12.1. The van der Waals surface area contributed by atoms with Gasteiger partial charge in [0.05, 0.1) is 33.0 Å². The highest BCUT2D eigenvalue weighted by molar-refractivity contribution is 5.89. The van der Waals surface area contributed by atoms with Crippen LogP contribution in [0.2, 0.25) is 0 Å². The van der Waals surface area contributed by atoms with Crippen LogP contribution in [0.1, 0.15) is 11.1 Å². The van der Waals surface area contributed by atoms with E-state index in [0.29, 0.717) is 41.5 Å². The van der Waals surface area contributed by atoms with Crippen LogP contribution in [0.5, 0.6) is 17.2 Å². The topological polar surface area (TPSA) is 92.6 Å². The molecule has 0 spiro atoms. The van der Waals surface area contributed by atoms with Crippen molar-refractivity contribution in [2.45, 2.75) is 6.42 Å². The minimum atomic E-state index is -0.340. The van der Waals surface area contributed by atoms with Crippen molar-refractivity contribution >= 4 is 11.7 Å². The number of hydrogen-bond acceptors (Lipinski definition) is 5. The second-order valence-electron chi connectivity index (χ2n) is 5.36. The Hall–Kier alpha value is -3.40. The number of rotatable bonds is 7. The van der Waals surface area contributed by atoms with Gasteiger partial charge in [-0.25, -0.2) is 4.79 Å². The number of carbonyl (C=O) groups is 1. The van der Waals surface area contributed by atoms with Crippen LogP contribution < -0.4 is 24.8 Å². The second-order valence-corrected chi connectivity index (χ2v) is 5.36. The van der Waals surface area contributed by atoms with Crippen LogP contribution in [0.15, 0.2) is 36.4 Å². The maximum atomic E-state index is 12.0. The van der Waals surface area contributed by atoms with Crippen molar-refractivity contribution in [2.75, 3.05) is 33.2 Å². The molecule has 0 radical (unpaired) electrons. The van der Waals surface area contributed by atoms with Crippen molar-refractivity contribution in [3.05, 3.63) is 47.5 Å². The summed E-state index contributed by atoms with van der Waals surface area (Å²) >= 11 is 0. The number of carbonyl (C=O) groups excluding carboxylic acids is 1. The van der Waals surface area contributed by atoms with Gasteiger partial charge in [-0.3, -0.25) is 0 Å². The van der Waals surface area contributed by atoms with Crippen LogP contribution in [0.25, 0.3) is 0 Å². The summed E-state index contributed by atoms with van der Waals surface area (Å²) in [4.78, 5) is 12.0. The molecule has 2 rings (SSSR count). The highest BCUT2D eigenvalue weighted by Gasteiger charge is 2.13. The summed E-state index contributed by atoms with van der Waals surface area (Å²) in [5.41, 5.74) is 1.99. The van der Waals surface area contributed by atoms with Crippen LogP contribution in [0.4, 0.5) is 10.5 Å². The van der Waals surface area contributed by atoms with Crippen molar-refractivity contribution < 1.29 is 19.0 Å². The SMILES string of the molecule is COc1cc(CCNC(=O)Nc2cccc(C#N)c2)cc(OC)c1OC. The quantitative estimate of drug-likeness (QED) is 0.796. The number of urea groups is 1. The Morgan fingerprint density at radius 1 is 1.08 bits per heavy atom. The summed E-state index contributed by atoms with van der Waals surface area (Å²) in [5.74, 6) is 1.67. The summed E-state index contributed by atoms with van der Waals surface area (Å²) < 4.78 is 15.9. The first-order valence-electron chi connectivity index (χ1n) is 7.95. The van der Waals surface area contributed by atoms with Gasteiger partial charge in [0.2, 0.25) is 5.75 Å². The molecule has 0 saturated heterocycles. The van der Waals surface area contributed by atoms with E-state index in [1.807, 2.05) is 18.2 Å². The van der Waals surface area contributed by atoms with Crippen molar-refractivity contribution in [3.8, 4) is 23.3 Å². The molecule has 7 heteroatoms. The van der Waals surface area contributed by atoms with Crippen molar-refractivity contribution in [3.63, 3.8) is 0 Å². The molecular weight excluding hydrogens is 334 g/mol. The first-order chi connectivity index (χ1) is 12.6. The average Bonchev–Trinajstić information content (AvgIpc) is 2.67. The maximum absolute atomic E-state index is 12.0. The van der Waals surface area contributed by atoms with Crippen LogP contribution in [-0.4, -0.2) is 33.9 Å². The Morgan fingerprint density at radius 2 is 1.77 bits per heavy atom. The fourth-order valence-corrected chi connectivity index (χ4v) is 2.44. The van der Waals surface area contributed by atoms with E-state index in [9.17, 15) is 4.79 Å². The normalized spacial score (nSPS) is 9.77. The highest BCUT2D eigenvalue weighted by Crippen LogP contribution is 2.38. The summed E-state index contributed by atoms with van der Waals surface area (Å²) in [5, 5.41) is 14.3. The fraction of sp³-hybridized carbons (Fsp3) is 0.263. The molecular formula is C19H21N3O4. The second kappa shape index (κ2) is 9.18. The molecule has 2 amide bonds. The van der Waals surface area contributed by atoms with Crippen molar-refractivity contribution in [1.29, 1.82) is 5.26 Å². The molecule has 136 valence electrons. The molecule has 0 saturated carbocycles. The molecule has 0 aliphatic carbocycles. The summed E-state index contributed by atoms with van der Waals surface area (Å²) in [6.45, 7) is 0.419. The van der Waals surface area contributed by atoms with Gasteiger partial charge < -0.3 is 24.8 Å². The number of amides is 2. The predicted octanol–water partition coefficient (Wildman–Crippen LogP) is 2.95. The summed E-state index contributed by atoms with van der Waals surface area (Å²) in [7, 11) is 4.66. The molecule has 0 aliphatic rings. The zero-order chi connectivity index (χ0) is 18.9. The number of methoxy groups -OCH3 is 3. The van der Waals surface area contributed by atoms with E-state index in [1.165, 1.54) is 0 Å². The monoisotopic (exact) mass is 355 g/mol. The Morgan fingerprint density at radius 3 is 2.35 bits per heavy atom. The third-order valence-electron chi connectivity index (χ3n) is 3.67. The molecule has 0 aromatic heterocycles. The first-order valence-corrected chi connectivity index (χ1v) is 7.95. The molecule has 2 aromatic carbocycles. The smallest absolute Gasteiger partial charge is 0.319 e. The van der Waals surface area contributed by atoms with Gasteiger partial charge in [-0.1, -0.05) is 6.07 Å². The summed E-state index contributed by atoms with van der Waals surface area (Å²) in [6.07, 6.45) is 0.586. The lowest BCUT2D eigenvalue weighted by molar-refractivity contribution is 0.252. The molecule has 2 N–H and O–H groups in total. The molecule has 0 bridgehead atoms. The standard InChI is InChI=1S/C19H21N3O4/c1-24-16-10-13(11-17(25-2)18(16)26-3)7-8-21-19(23)22-15-6-4-5-14(9-15)12-20/h4-6,9-11H,7-8H2,1-3H3,(H2,21,22,23). The zero-order valence-corrected chi connectivity index (χ0v) is 15.0. The van der Waals surface area contributed by atoms with Gasteiger partial charge in [0.1, 0.15) is 0 Å². The molecule has 7 nitrogen and oxygen atoms in total. The first kappa shape index (κ1) is 18.9. The van der Waals surface area contributed by atoms with Crippen LogP contribution in [-0.2, 0) is 6.42 Å². The Kier molecular flexibility index (Phi) is 6.68. The molecule has 0 atom stereocenters. The number of nitriles is 1. The molecule has 0 aliphatic heterocycles. The van der Waals surface area contributed by atoms with Gasteiger partial charge in [0.25, 0.3) is 0 Å². The van der Waals surface area contributed by atoms with Crippen LogP contribution in [0, 0.1) is 11.3 Å². The van der Waals surface area contributed by atoms with E-state index < -0.39 is 0 Å². The third kappa shape index (κ3) is 4.80. The lowest BCUT2D eigenvalue weighted by Crippen LogP contribution is -2.30. The minimum Gasteiger partial charge on any atom is -0.493 e. The molecule has 0 heterocycles. The zero-order valence-electron chi connectivity index (χ0n) is 15.0. The van der Waals surface area contributed by atoms with E-state index >= 15 is 0 Å². The van der Waals surface area contributed by atoms with Gasteiger partial charge in [-0.05, 0) is 42.3 Å². The van der Waals surface area contributed by atoms with Crippen LogP contribution in [0.3, 0.4) is 0 Å². The Labute approximate surface area is 152 Å². The van der Waals surface area contributed by atoms with Gasteiger partial charge in [0, 0.05) is 12.2 Å². The Bertz CT molecular complexity index is 790. The van der Waals surface area contributed by atoms with Gasteiger partial charge in [-0.15, -0.1) is 0 Å². The fourth-order valence-electron chi connectivity index (χ4n) is 2.44. The number of hydrogen-bond donors (Lipinski definition) is 2. The minimum absolute atomic E-state index is 0.340. The lowest BCUT2D eigenvalue weighted by Gasteiger charge is -2.14. The largest absolute Gasteiger partial charge is 0.493 e. The van der Waals surface area contributed by atoms with E-state index in [4.69, 9.17) is 19.5 Å². The van der Waals surface area contributed by atoms with Gasteiger partial charge in [0.15, 0.2) is 11.5 Å². The van der Waals surface area contributed by atoms with Crippen LogP contribution >= 0.6 is 0 Å². The maximum Gasteiger partial charge on any atom is 0.319 e. The predicted molar refractivity (Wildman–Crippen MR) is 98.0 cm³/mol. The van der Waals surface area contributed by atoms with E-state index in [1.54, 1.807) is 45.6 Å².